The van der Waals surface area contributed by atoms with E-state index in [1.807, 2.05) is 0 Å². The highest BCUT2D eigenvalue weighted by Gasteiger charge is 2.53. The third-order valence-electron chi connectivity index (χ3n) is 5.79. The predicted octanol–water partition coefficient (Wildman–Crippen LogP) is 2.81. The molecule has 0 spiro atoms. The largest absolute Gasteiger partial charge is 0.392 e. The van der Waals surface area contributed by atoms with E-state index in [2.05, 4.69) is 19.2 Å². The van der Waals surface area contributed by atoms with Gasteiger partial charge in [-0.3, -0.25) is 0 Å². The highest BCUT2D eigenvalue weighted by Crippen LogP contribution is 2.58. The molecule has 0 radical (unpaired) electrons. The van der Waals surface area contributed by atoms with E-state index in [1.165, 1.54) is 32.1 Å². The monoisotopic (exact) mass is 251 g/mol. The van der Waals surface area contributed by atoms with Crippen molar-refractivity contribution in [1.29, 1.82) is 0 Å². The molecule has 6 unspecified atom stereocenters. The van der Waals surface area contributed by atoms with Gasteiger partial charge >= 0.3 is 0 Å². The molecule has 2 N–H and O–H groups in total. The lowest BCUT2D eigenvalue weighted by Gasteiger charge is -2.32. The van der Waals surface area contributed by atoms with Gasteiger partial charge in [0.2, 0.25) is 0 Å². The fraction of sp³-hybridized carbons (Fsp3) is 1.00. The lowest BCUT2D eigenvalue weighted by molar-refractivity contribution is 0.129. The van der Waals surface area contributed by atoms with Crippen LogP contribution in [0, 0.1) is 29.6 Å². The fourth-order valence-electron chi connectivity index (χ4n) is 5.22. The Kier molecular flexibility index (Phi) is 3.68. The van der Waals surface area contributed by atoms with Crippen molar-refractivity contribution >= 4 is 0 Å². The molecule has 2 heteroatoms. The lowest BCUT2D eigenvalue weighted by Crippen LogP contribution is -2.42. The Morgan fingerprint density at radius 1 is 1.11 bits per heavy atom. The summed E-state index contributed by atoms with van der Waals surface area (Å²) in [7, 11) is 0. The maximum atomic E-state index is 9.98. The minimum absolute atomic E-state index is 0.150. The van der Waals surface area contributed by atoms with Crippen LogP contribution in [0.15, 0.2) is 0 Å². The van der Waals surface area contributed by atoms with Crippen LogP contribution in [0.25, 0.3) is 0 Å². The second-order valence-corrected chi connectivity index (χ2v) is 7.45. The van der Waals surface area contributed by atoms with E-state index in [0.29, 0.717) is 5.92 Å². The normalized spacial score (nSPS) is 43.7. The van der Waals surface area contributed by atoms with Gasteiger partial charge in [0.25, 0.3) is 0 Å². The number of nitrogens with one attached hydrogen (secondary N) is 1. The Hall–Kier alpha value is -0.0800. The number of hydrogen-bond donors (Lipinski definition) is 2. The molecular formula is C16H29NO. The molecule has 3 rings (SSSR count). The zero-order valence-corrected chi connectivity index (χ0v) is 11.9. The Morgan fingerprint density at radius 3 is 2.67 bits per heavy atom. The second kappa shape index (κ2) is 5.13. The number of hydrogen-bond acceptors (Lipinski definition) is 2. The van der Waals surface area contributed by atoms with Crippen LogP contribution in [-0.4, -0.2) is 23.8 Å². The van der Waals surface area contributed by atoms with E-state index >= 15 is 0 Å². The van der Waals surface area contributed by atoms with Crippen LogP contribution < -0.4 is 5.32 Å². The van der Waals surface area contributed by atoms with E-state index in [1.54, 1.807) is 0 Å². The van der Waals surface area contributed by atoms with Crippen LogP contribution >= 0.6 is 0 Å². The van der Waals surface area contributed by atoms with Gasteiger partial charge in [0.1, 0.15) is 0 Å². The molecule has 0 saturated heterocycles. The fourth-order valence-corrected chi connectivity index (χ4v) is 5.22. The third kappa shape index (κ3) is 2.34. The van der Waals surface area contributed by atoms with Gasteiger partial charge < -0.3 is 10.4 Å². The van der Waals surface area contributed by atoms with Gasteiger partial charge in [-0.05, 0) is 61.7 Å². The van der Waals surface area contributed by atoms with Crippen molar-refractivity contribution in [2.45, 2.75) is 64.5 Å². The molecule has 3 aliphatic rings. The van der Waals surface area contributed by atoms with Gasteiger partial charge in [-0.25, -0.2) is 0 Å². The lowest BCUT2D eigenvalue weighted by atomic mass is 9.79. The summed E-state index contributed by atoms with van der Waals surface area (Å²) in [5, 5.41) is 13.7. The molecule has 2 nitrogen and oxygen atoms in total. The van der Waals surface area contributed by atoms with Crippen molar-refractivity contribution < 1.29 is 5.11 Å². The predicted molar refractivity (Wildman–Crippen MR) is 74.3 cm³/mol. The van der Waals surface area contributed by atoms with Crippen molar-refractivity contribution in [3.63, 3.8) is 0 Å². The van der Waals surface area contributed by atoms with E-state index < -0.39 is 0 Å². The summed E-state index contributed by atoms with van der Waals surface area (Å²) in [5.41, 5.74) is 0. The zero-order chi connectivity index (χ0) is 12.7. The molecule has 0 aromatic carbocycles. The Labute approximate surface area is 112 Å². The van der Waals surface area contributed by atoms with E-state index in [9.17, 15) is 5.11 Å². The van der Waals surface area contributed by atoms with Crippen LogP contribution in [0.1, 0.15) is 52.4 Å². The van der Waals surface area contributed by atoms with Gasteiger partial charge in [-0.1, -0.05) is 20.3 Å². The smallest absolute Gasteiger partial charge is 0.0667 e. The van der Waals surface area contributed by atoms with Gasteiger partial charge in [-0.15, -0.1) is 0 Å². The average molecular weight is 251 g/mol. The average Bonchev–Trinajstić information content (AvgIpc) is 2.97. The summed E-state index contributed by atoms with van der Waals surface area (Å²) >= 11 is 0. The minimum Gasteiger partial charge on any atom is -0.392 e. The molecule has 2 bridgehead atoms. The minimum atomic E-state index is -0.150. The summed E-state index contributed by atoms with van der Waals surface area (Å²) in [6.07, 6.45) is 8.12. The first kappa shape index (κ1) is 12.9. The molecule has 3 aliphatic carbocycles. The number of aliphatic hydroxyl groups is 1. The molecule has 3 fully saturated rings. The van der Waals surface area contributed by atoms with Crippen LogP contribution in [-0.2, 0) is 0 Å². The molecular weight excluding hydrogens is 222 g/mol. The first-order valence-corrected chi connectivity index (χ1v) is 8.06. The molecule has 0 amide bonds. The quantitative estimate of drug-likeness (QED) is 0.787. The first-order chi connectivity index (χ1) is 8.65. The first-order valence-electron chi connectivity index (χ1n) is 8.06. The van der Waals surface area contributed by atoms with Gasteiger partial charge in [0, 0.05) is 12.6 Å². The van der Waals surface area contributed by atoms with Gasteiger partial charge in [-0.2, -0.15) is 0 Å². The maximum Gasteiger partial charge on any atom is 0.0667 e. The van der Waals surface area contributed by atoms with E-state index in [0.717, 1.165) is 42.7 Å². The van der Waals surface area contributed by atoms with E-state index in [4.69, 9.17) is 0 Å². The second-order valence-electron chi connectivity index (χ2n) is 7.45. The van der Waals surface area contributed by atoms with Crippen molar-refractivity contribution in [2.24, 2.45) is 29.6 Å². The van der Waals surface area contributed by atoms with Gasteiger partial charge in [0.05, 0.1) is 6.10 Å². The Balaban J connectivity index is 1.48. The van der Waals surface area contributed by atoms with Crippen LogP contribution in [0.5, 0.6) is 0 Å². The summed E-state index contributed by atoms with van der Waals surface area (Å²) < 4.78 is 0. The van der Waals surface area contributed by atoms with Crippen molar-refractivity contribution in [1.82, 2.24) is 5.32 Å². The van der Waals surface area contributed by atoms with Crippen molar-refractivity contribution in [3.8, 4) is 0 Å². The SMILES string of the molecule is CC(C)CC(O)CNC1CC2CC1C1CCCC21. The van der Waals surface area contributed by atoms with Crippen LogP contribution in [0.3, 0.4) is 0 Å². The summed E-state index contributed by atoms with van der Waals surface area (Å²) in [5.74, 6) is 4.66. The zero-order valence-electron chi connectivity index (χ0n) is 11.9. The van der Waals surface area contributed by atoms with Gasteiger partial charge in [0.15, 0.2) is 0 Å². The highest BCUT2D eigenvalue weighted by atomic mass is 16.3. The summed E-state index contributed by atoms with van der Waals surface area (Å²) in [6.45, 7) is 5.18. The molecule has 18 heavy (non-hydrogen) atoms. The molecule has 6 atom stereocenters. The van der Waals surface area contributed by atoms with Crippen LogP contribution in [0.2, 0.25) is 0 Å². The molecule has 0 aromatic rings. The maximum absolute atomic E-state index is 9.98. The van der Waals surface area contributed by atoms with Crippen molar-refractivity contribution in [3.05, 3.63) is 0 Å². The molecule has 0 heterocycles. The summed E-state index contributed by atoms with van der Waals surface area (Å²) in [4.78, 5) is 0. The third-order valence-corrected chi connectivity index (χ3v) is 5.79. The van der Waals surface area contributed by atoms with Crippen LogP contribution in [0.4, 0.5) is 0 Å². The standard InChI is InChI=1S/C16H29NO/c1-10(2)6-12(18)9-17-16-8-11-7-15(16)14-5-3-4-13(11)14/h10-18H,3-9H2,1-2H3. The molecule has 0 aromatic heterocycles. The van der Waals surface area contributed by atoms with Crippen molar-refractivity contribution in [2.75, 3.05) is 6.54 Å². The molecule has 104 valence electrons. The number of rotatable bonds is 5. The van der Waals surface area contributed by atoms with E-state index in [-0.39, 0.29) is 6.10 Å². The molecule has 3 saturated carbocycles. The Morgan fingerprint density at radius 2 is 1.89 bits per heavy atom. The topological polar surface area (TPSA) is 32.3 Å². The number of aliphatic hydroxyl groups excluding tert-OH is 1. The Bertz CT molecular complexity index is 291. The number of fused-ring (bicyclic) bond motifs is 5. The highest BCUT2D eigenvalue weighted by molar-refractivity contribution is 5.05. The summed E-state index contributed by atoms with van der Waals surface area (Å²) in [6, 6.07) is 0.719. The molecule has 0 aliphatic heterocycles.